The van der Waals surface area contributed by atoms with Crippen LogP contribution in [0.4, 0.5) is 0 Å². The Morgan fingerprint density at radius 3 is 1.40 bits per heavy atom. The number of benzene rings is 3. The molecule has 0 saturated heterocycles. The van der Waals surface area contributed by atoms with Gasteiger partial charge in [0.2, 0.25) is 0 Å². The van der Waals surface area contributed by atoms with Crippen LogP contribution in [0.3, 0.4) is 0 Å². The van der Waals surface area contributed by atoms with E-state index < -0.39 is 0 Å². The van der Waals surface area contributed by atoms with Crippen molar-refractivity contribution in [3.05, 3.63) is 84.9 Å². The van der Waals surface area contributed by atoms with Gasteiger partial charge in [-0.15, -0.1) is 0 Å². The van der Waals surface area contributed by atoms with Crippen LogP contribution in [0.15, 0.2) is 78.9 Å². The summed E-state index contributed by atoms with van der Waals surface area (Å²) in [6.45, 7) is 0. The second kappa shape index (κ2) is 6.92. The first kappa shape index (κ1) is 13.7. The van der Waals surface area contributed by atoms with Crippen molar-refractivity contribution in [1.82, 2.24) is 0 Å². The summed E-state index contributed by atoms with van der Waals surface area (Å²) in [6.07, 6.45) is 0. The zero-order chi connectivity index (χ0) is 13.6. The molecule has 0 aromatic heterocycles. The van der Waals surface area contributed by atoms with E-state index in [0.29, 0.717) is 29.9 Å². The minimum atomic E-state index is 0.351. The first-order chi connectivity index (χ1) is 9.90. The Morgan fingerprint density at radius 2 is 0.950 bits per heavy atom. The molecule has 0 N–H and O–H groups in total. The van der Waals surface area contributed by atoms with Gasteiger partial charge in [-0.2, -0.15) is 0 Å². The van der Waals surface area contributed by atoms with Gasteiger partial charge in [-0.1, -0.05) is 0 Å². The van der Waals surface area contributed by atoms with Crippen molar-refractivity contribution >= 4 is 47.8 Å². The summed E-state index contributed by atoms with van der Waals surface area (Å²) in [7, 11) is 0. The van der Waals surface area contributed by atoms with E-state index in [0.717, 1.165) is 0 Å². The van der Waals surface area contributed by atoms with Crippen molar-refractivity contribution in [3.8, 4) is 0 Å². The van der Waals surface area contributed by atoms with Gasteiger partial charge in [0, 0.05) is 0 Å². The third-order valence-corrected chi connectivity index (χ3v) is 6.74. The van der Waals surface area contributed by atoms with Crippen molar-refractivity contribution in [1.29, 1.82) is 0 Å². The molecule has 2 heteroatoms. The monoisotopic (exact) mass is 389 g/mol. The van der Waals surface area contributed by atoms with E-state index >= 15 is 0 Å². The van der Waals surface area contributed by atoms with Crippen LogP contribution in [0.2, 0.25) is 0 Å². The molecule has 0 bridgehead atoms. The molecule has 1 radical (unpaired) electrons. The molecule has 0 amide bonds. The van der Waals surface area contributed by atoms with Gasteiger partial charge in [-0.3, -0.25) is 0 Å². The van der Waals surface area contributed by atoms with Crippen molar-refractivity contribution in [2.24, 2.45) is 0 Å². The van der Waals surface area contributed by atoms with Gasteiger partial charge in [-0.25, -0.2) is 0 Å². The van der Waals surface area contributed by atoms with Crippen LogP contribution in [0.1, 0.15) is 0 Å². The Labute approximate surface area is 132 Å². The summed E-state index contributed by atoms with van der Waals surface area (Å²) in [5, 5.41) is 0. The maximum atomic E-state index is 3.60. The number of hydrogen-bond donors (Lipinski definition) is 0. The zero-order valence-electron chi connectivity index (χ0n) is 10.8. The van der Waals surface area contributed by atoms with Gasteiger partial charge in [0.1, 0.15) is 0 Å². The normalized spacial score (nSPS) is 10.4. The van der Waals surface area contributed by atoms with Crippen molar-refractivity contribution in [3.63, 3.8) is 0 Å². The zero-order valence-corrected chi connectivity index (χ0v) is 14.2. The van der Waals surface area contributed by atoms with Gasteiger partial charge in [-0.05, 0) is 0 Å². The average molecular weight is 387 g/mol. The molecular formula is C18H13Se2. The predicted molar refractivity (Wildman–Crippen MR) is 88.2 cm³/mol. The van der Waals surface area contributed by atoms with Crippen LogP contribution in [0.5, 0.6) is 0 Å². The summed E-state index contributed by atoms with van der Waals surface area (Å²) in [4.78, 5) is 0. The molecule has 0 fully saturated rings. The molecule has 0 nitrogen and oxygen atoms in total. The molecule has 3 aromatic rings. The Balaban J connectivity index is 1.76. The molecule has 97 valence electrons. The molecule has 0 unspecified atom stereocenters. The van der Waals surface area contributed by atoms with Crippen LogP contribution in [0.25, 0.3) is 0 Å². The van der Waals surface area contributed by atoms with Gasteiger partial charge in [0.05, 0.1) is 0 Å². The molecule has 0 aliphatic heterocycles. The summed E-state index contributed by atoms with van der Waals surface area (Å²) in [6, 6.07) is 31.5. The van der Waals surface area contributed by atoms with E-state index in [-0.39, 0.29) is 0 Å². The second-order valence-electron chi connectivity index (χ2n) is 4.21. The van der Waals surface area contributed by atoms with Crippen LogP contribution < -0.4 is 17.8 Å². The molecular weight excluding hydrogens is 374 g/mol. The molecule has 3 aromatic carbocycles. The van der Waals surface area contributed by atoms with Crippen LogP contribution >= 0.6 is 0 Å². The molecule has 0 saturated carbocycles. The first-order valence-electron chi connectivity index (χ1n) is 6.38. The topological polar surface area (TPSA) is 0 Å². The predicted octanol–water partition coefficient (Wildman–Crippen LogP) is 0.797. The fourth-order valence-electron chi connectivity index (χ4n) is 1.78. The third kappa shape index (κ3) is 3.85. The standard InChI is InChI=1S/C18H13Se2/c1-3-8-15(9-4-1)19-17-12-7-13-18(14-17)20-16-10-5-2-6-11-16/h1-13H. The van der Waals surface area contributed by atoms with Crippen LogP contribution in [0, 0.1) is 6.07 Å². The number of rotatable bonds is 4. The van der Waals surface area contributed by atoms with Crippen LogP contribution in [-0.4, -0.2) is 29.9 Å². The average Bonchev–Trinajstić information content (AvgIpc) is 2.50. The summed E-state index contributed by atoms with van der Waals surface area (Å²) in [5.41, 5.74) is 0. The molecule has 0 atom stereocenters. The fourth-order valence-corrected chi connectivity index (χ4v) is 5.69. The van der Waals surface area contributed by atoms with Gasteiger partial charge >= 0.3 is 133 Å². The van der Waals surface area contributed by atoms with Crippen molar-refractivity contribution in [2.75, 3.05) is 0 Å². The number of hydrogen-bond acceptors (Lipinski definition) is 0. The summed E-state index contributed by atoms with van der Waals surface area (Å²) < 4.78 is 5.47. The van der Waals surface area contributed by atoms with E-state index in [9.17, 15) is 0 Å². The second-order valence-corrected chi connectivity index (χ2v) is 8.89. The van der Waals surface area contributed by atoms with E-state index in [1.165, 1.54) is 17.8 Å². The molecule has 0 heterocycles. The van der Waals surface area contributed by atoms with E-state index in [4.69, 9.17) is 0 Å². The molecule has 0 aliphatic rings. The van der Waals surface area contributed by atoms with Crippen molar-refractivity contribution in [2.45, 2.75) is 0 Å². The quantitative estimate of drug-likeness (QED) is 0.581. The molecule has 0 aliphatic carbocycles. The summed E-state index contributed by atoms with van der Waals surface area (Å²) in [5.74, 6) is 0. The Morgan fingerprint density at radius 1 is 0.500 bits per heavy atom. The van der Waals surface area contributed by atoms with Gasteiger partial charge in [0.15, 0.2) is 0 Å². The summed E-state index contributed by atoms with van der Waals surface area (Å²) >= 11 is 0.702. The molecule has 3 rings (SSSR count). The minimum absolute atomic E-state index is 0.351. The first-order valence-corrected chi connectivity index (χ1v) is 9.81. The molecule has 0 spiro atoms. The van der Waals surface area contributed by atoms with E-state index in [2.05, 4.69) is 84.9 Å². The third-order valence-electron chi connectivity index (χ3n) is 2.68. The van der Waals surface area contributed by atoms with Crippen molar-refractivity contribution < 1.29 is 0 Å². The Bertz CT molecular complexity index is 607. The van der Waals surface area contributed by atoms with Gasteiger partial charge < -0.3 is 0 Å². The Kier molecular flexibility index (Phi) is 4.73. The fraction of sp³-hybridized carbons (Fsp3) is 0. The van der Waals surface area contributed by atoms with Gasteiger partial charge in [0.25, 0.3) is 0 Å². The SMILES string of the molecule is [c]1c([Se]c2ccccc2)cccc1[Se]c1ccccc1. The maximum absolute atomic E-state index is 3.60. The molecule has 20 heavy (non-hydrogen) atoms. The van der Waals surface area contributed by atoms with E-state index in [1.807, 2.05) is 0 Å². The van der Waals surface area contributed by atoms with Crippen LogP contribution in [-0.2, 0) is 0 Å². The van der Waals surface area contributed by atoms with E-state index in [1.54, 1.807) is 0 Å². The Hall–Kier alpha value is -1.30.